The lowest BCUT2D eigenvalue weighted by Gasteiger charge is -2.30. The average Bonchev–Trinajstić information content (AvgIpc) is 3.35. The van der Waals surface area contributed by atoms with Crippen LogP contribution in [0, 0.1) is 0 Å². The van der Waals surface area contributed by atoms with E-state index in [1.165, 1.54) is 0 Å². The van der Waals surface area contributed by atoms with Gasteiger partial charge >= 0.3 is 0 Å². The first kappa shape index (κ1) is 21.5. The van der Waals surface area contributed by atoms with E-state index in [1.807, 2.05) is 32.0 Å². The molecule has 1 aromatic carbocycles. The fourth-order valence-corrected chi connectivity index (χ4v) is 4.71. The lowest BCUT2D eigenvalue weighted by atomic mass is 10.0. The van der Waals surface area contributed by atoms with E-state index in [0.717, 1.165) is 40.5 Å². The van der Waals surface area contributed by atoms with Crippen LogP contribution in [0.1, 0.15) is 63.9 Å². The van der Waals surface area contributed by atoms with Gasteiger partial charge in [0.2, 0.25) is 0 Å². The summed E-state index contributed by atoms with van der Waals surface area (Å²) in [5.41, 5.74) is 2.64. The molecule has 2 aliphatic heterocycles. The number of hydrogen-bond donors (Lipinski definition) is 1. The van der Waals surface area contributed by atoms with Crippen LogP contribution in [-0.4, -0.2) is 46.3 Å². The number of thiazole rings is 1. The van der Waals surface area contributed by atoms with Crippen LogP contribution >= 0.6 is 11.3 Å². The summed E-state index contributed by atoms with van der Waals surface area (Å²) in [7, 11) is 0. The minimum atomic E-state index is -0.392. The van der Waals surface area contributed by atoms with Gasteiger partial charge in [-0.15, -0.1) is 11.3 Å². The molecule has 0 aliphatic carbocycles. The Hall–Kier alpha value is -2.74. The number of amidine groups is 2. The molecule has 7 nitrogen and oxygen atoms in total. The maximum atomic E-state index is 13.0. The van der Waals surface area contributed by atoms with E-state index >= 15 is 0 Å². The number of carbonyl (C=O) groups excluding carboxylic acids is 1. The smallest absolute Gasteiger partial charge is 0.252 e. The highest BCUT2D eigenvalue weighted by atomic mass is 32.1. The molecule has 164 valence electrons. The maximum Gasteiger partial charge on any atom is 0.252 e. The van der Waals surface area contributed by atoms with Gasteiger partial charge < -0.3 is 10.1 Å². The summed E-state index contributed by atoms with van der Waals surface area (Å²) in [6.45, 7) is 10.8. The zero-order valence-corrected chi connectivity index (χ0v) is 19.5. The van der Waals surface area contributed by atoms with Crippen molar-refractivity contribution in [3.63, 3.8) is 0 Å². The van der Waals surface area contributed by atoms with Crippen LogP contribution in [0.15, 0.2) is 33.7 Å². The molecule has 31 heavy (non-hydrogen) atoms. The molecule has 1 aromatic heterocycles. The van der Waals surface area contributed by atoms with Crippen LogP contribution in [0.25, 0.3) is 11.3 Å². The number of carbonyl (C=O) groups is 1. The van der Waals surface area contributed by atoms with Crippen molar-refractivity contribution >= 4 is 28.9 Å². The van der Waals surface area contributed by atoms with Crippen molar-refractivity contribution in [3.05, 3.63) is 34.2 Å². The van der Waals surface area contributed by atoms with E-state index in [2.05, 4.69) is 36.5 Å². The molecule has 0 saturated carbocycles. The van der Waals surface area contributed by atoms with Crippen LogP contribution in [0.3, 0.4) is 0 Å². The molecular weight excluding hydrogens is 410 g/mol. The van der Waals surface area contributed by atoms with E-state index in [4.69, 9.17) is 14.8 Å². The quantitative estimate of drug-likeness (QED) is 0.694. The molecule has 3 heterocycles. The van der Waals surface area contributed by atoms with Crippen LogP contribution in [0.5, 0.6) is 5.75 Å². The Kier molecular flexibility index (Phi) is 6.09. The van der Waals surface area contributed by atoms with Gasteiger partial charge in [0.25, 0.3) is 5.91 Å². The first-order chi connectivity index (χ1) is 14.9. The van der Waals surface area contributed by atoms with Crippen LogP contribution in [-0.2, 0) is 4.79 Å². The monoisotopic (exact) mass is 439 g/mol. The van der Waals surface area contributed by atoms with Gasteiger partial charge in [0.05, 0.1) is 28.9 Å². The first-order valence-corrected chi connectivity index (χ1v) is 11.8. The Labute approximate surface area is 187 Å². The molecule has 0 fully saturated rings. The second-order valence-electron chi connectivity index (χ2n) is 8.13. The normalized spacial score (nSPS) is 20.5. The molecule has 8 heteroatoms. The Balaban J connectivity index is 1.76. The Morgan fingerprint density at radius 1 is 1.29 bits per heavy atom. The minimum Gasteiger partial charge on any atom is -0.493 e. The largest absolute Gasteiger partial charge is 0.493 e. The summed E-state index contributed by atoms with van der Waals surface area (Å²) in [6, 6.07) is 5.42. The van der Waals surface area contributed by atoms with E-state index in [-0.39, 0.29) is 11.9 Å². The molecule has 4 rings (SSSR count). The van der Waals surface area contributed by atoms with Crippen molar-refractivity contribution in [1.29, 1.82) is 0 Å². The number of aromatic nitrogens is 1. The summed E-state index contributed by atoms with van der Waals surface area (Å²) in [4.78, 5) is 22.4. The van der Waals surface area contributed by atoms with Gasteiger partial charge in [-0.1, -0.05) is 20.8 Å². The molecule has 0 saturated heterocycles. The third kappa shape index (κ3) is 4.08. The molecule has 2 unspecified atom stereocenters. The Morgan fingerprint density at radius 3 is 2.77 bits per heavy atom. The Bertz CT molecular complexity index is 1040. The standard InChI is InChI=1S/C23H29N5O2S/c1-6-8-19-24-14(5)20-22(29)26-21(27-28(19)20)16-11-15(9-10-18(16)30-7-2)17-12-31-23(25-17)13(3)4/h9-14,20H,6-8H2,1-5H3,(H,26,27,29). The molecule has 1 N–H and O–H groups in total. The van der Waals surface area contributed by atoms with Crippen LogP contribution < -0.4 is 10.1 Å². The first-order valence-electron chi connectivity index (χ1n) is 10.9. The number of fused-ring (bicyclic) bond motifs is 1. The third-order valence-corrected chi connectivity index (χ3v) is 6.52. The lowest BCUT2D eigenvalue weighted by Crippen LogP contribution is -2.54. The van der Waals surface area contributed by atoms with Gasteiger partial charge in [-0.05, 0) is 38.5 Å². The number of hydrogen-bond acceptors (Lipinski definition) is 7. The molecule has 2 aromatic rings. The van der Waals surface area contributed by atoms with Crippen LogP contribution in [0.4, 0.5) is 0 Å². The number of amides is 1. The highest BCUT2D eigenvalue weighted by Gasteiger charge is 2.42. The number of benzene rings is 1. The van der Waals surface area contributed by atoms with E-state index in [1.54, 1.807) is 16.3 Å². The zero-order valence-electron chi connectivity index (χ0n) is 18.7. The van der Waals surface area contributed by atoms with Crippen molar-refractivity contribution in [3.8, 4) is 17.0 Å². The van der Waals surface area contributed by atoms with Crippen molar-refractivity contribution in [2.45, 2.75) is 65.5 Å². The molecule has 0 radical (unpaired) electrons. The lowest BCUT2D eigenvalue weighted by molar-refractivity contribution is -0.124. The highest BCUT2D eigenvalue weighted by molar-refractivity contribution is 7.10. The fourth-order valence-electron chi connectivity index (χ4n) is 3.87. The van der Waals surface area contributed by atoms with Gasteiger partial charge in [0.1, 0.15) is 11.6 Å². The summed E-state index contributed by atoms with van der Waals surface area (Å²) in [6.07, 6.45) is 1.74. The number of hydrazone groups is 1. The molecule has 2 atom stereocenters. The number of rotatable bonds is 7. The summed E-state index contributed by atoms with van der Waals surface area (Å²) in [5, 5.41) is 12.8. The van der Waals surface area contributed by atoms with E-state index in [9.17, 15) is 4.79 Å². The van der Waals surface area contributed by atoms with Gasteiger partial charge in [-0.25, -0.2) is 9.99 Å². The third-order valence-electron chi connectivity index (χ3n) is 5.38. The zero-order chi connectivity index (χ0) is 22.1. The summed E-state index contributed by atoms with van der Waals surface area (Å²) >= 11 is 1.66. The second kappa shape index (κ2) is 8.78. The predicted molar refractivity (Wildman–Crippen MR) is 125 cm³/mol. The van der Waals surface area contributed by atoms with Gasteiger partial charge in [0, 0.05) is 23.3 Å². The number of nitrogens with one attached hydrogen (secondary N) is 1. The topological polar surface area (TPSA) is 79.2 Å². The second-order valence-corrected chi connectivity index (χ2v) is 9.02. The Morgan fingerprint density at radius 2 is 2.10 bits per heavy atom. The fraction of sp³-hybridized carbons (Fsp3) is 0.478. The van der Waals surface area contributed by atoms with Gasteiger partial charge in [-0.3, -0.25) is 9.79 Å². The molecule has 0 spiro atoms. The molecule has 0 bridgehead atoms. The van der Waals surface area contributed by atoms with Crippen LogP contribution in [0.2, 0.25) is 0 Å². The molecular formula is C23H29N5O2S. The average molecular weight is 440 g/mol. The number of ether oxygens (including phenoxy) is 1. The highest BCUT2D eigenvalue weighted by Crippen LogP contribution is 2.32. The van der Waals surface area contributed by atoms with Crippen molar-refractivity contribution in [2.75, 3.05) is 6.61 Å². The predicted octanol–water partition coefficient (Wildman–Crippen LogP) is 4.39. The van der Waals surface area contributed by atoms with E-state index in [0.29, 0.717) is 24.1 Å². The van der Waals surface area contributed by atoms with Gasteiger partial charge in [-0.2, -0.15) is 5.10 Å². The number of nitrogens with zero attached hydrogens (tertiary/aromatic N) is 4. The maximum absolute atomic E-state index is 13.0. The number of aliphatic imine (C=N–C) groups is 1. The van der Waals surface area contributed by atoms with Gasteiger partial charge in [0.15, 0.2) is 11.9 Å². The summed E-state index contributed by atoms with van der Waals surface area (Å²) in [5.74, 6) is 2.33. The van der Waals surface area contributed by atoms with Crippen molar-refractivity contribution in [1.82, 2.24) is 15.3 Å². The minimum absolute atomic E-state index is 0.0871. The molecule has 2 aliphatic rings. The SMILES string of the molecule is CCCC1=NC(C)C2C(=O)NC(c3cc(-c4csc(C(C)C)n4)ccc3OCC)=NN12. The van der Waals surface area contributed by atoms with E-state index < -0.39 is 6.04 Å². The van der Waals surface area contributed by atoms with Crippen molar-refractivity contribution in [2.24, 2.45) is 10.1 Å². The molecule has 1 amide bonds. The summed E-state index contributed by atoms with van der Waals surface area (Å²) < 4.78 is 5.87. The van der Waals surface area contributed by atoms with Crippen molar-refractivity contribution < 1.29 is 9.53 Å².